The summed E-state index contributed by atoms with van der Waals surface area (Å²) in [5.74, 6) is -0.240. The van der Waals surface area contributed by atoms with Crippen molar-refractivity contribution in [2.45, 2.75) is 16.6 Å². The monoisotopic (exact) mass is 296 g/mol. The number of aromatic nitrogens is 3. The molecule has 1 aromatic heterocycles. The lowest BCUT2D eigenvalue weighted by molar-refractivity contribution is 0.199. The summed E-state index contributed by atoms with van der Waals surface area (Å²) in [6, 6.07) is 4.76. The highest BCUT2D eigenvalue weighted by atomic mass is 32.2. The second-order valence-electron chi connectivity index (χ2n) is 4.19. The molecule has 0 atom stereocenters. The lowest BCUT2D eigenvalue weighted by atomic mass is 10.2. The molecule has 0 bridgehead atoms. The van der Waals surface area contributed by atoms with Gasteiger partial charge in [-0.05, 0) is 35.5 Å². The van der Waals surface area contributed by atoms with E-state index in [1.807, 2.05) is 7.05 Å². The number of nitrogens with zero attached hydrogens (tertiary/aromatic N) is 3. The Hall–Kier alpha value is -1.44. The van der Waals surface area contributed by atoms with E-state index in [2.05, 4.69) is 15.4 Å². The van der Waals surface area contributed by atoms with Gasteiger partial charge in [-0.2, -0.15) is 5.10 Å². The number of nitrogens with one attached hydrogen (secondary N) is 1. The van der Waals surface area contributed by atoms with Gasteiger partial charge in [0, 0.05) is 32.1 Å². The predicted octanol–water partition coefficient (Wildman–Crippen LogP) is 1.84. The summed E-state index contributed by atoms with van der Waals surface area (Å²) in [4.78, 5) is 5.13. The van der Waals surface area contributed by atoms with E-state index in [1.165, 1.54) is 24.2 Å². The van der Waals surface area contributed by atoms with Crippen molar-refractivity contribution in [3.05, 3.63) is 35.9 Å². The minimum Gasteiger partial charge on any atom is -0.383 e. The van der Waals surface area contributed by atoms with Crippen LogP contribution in [0.15, 0.2) is 34.6 Å². The molecule has 1 heterocycles. The van der Waals surface area contributed by atoms with Gasteiger partial charge in [0.2, 0.25) is 0 Å². The molecule has 0 aliphatic carbocycles. The summed E-state index contributed by atoms with van der Waals surface area (Å²) in [6.45, 7) is 1.93. The molecule has 2 aromatic rings. The summed E-state index contributed by atoms with van der Waals surface area (Å²) in [5.41, 5.74) is 0.897. The lowest BCUT2D eigenvalue weighted by Crippen LogP contribution is -2.19. The summed E-state index contributed by atoms with van der Waals surface area (Å²) < 4.78 is 20.0. The van der Waals surface area contributed by atoms with Crippen molar-refractivity contribution in [2.24, 2.45) is 7.05 Å². The van der Waals surface area contributed by atoms with E-state index < -0.39 is 0 Å². The van der Waals surface area contributed by atoms with Crippen LogP contribution in [0.25, 0.3) is 0 Å². The molecule has 0 saturated heterocycles. The second kappa shape index (κ2) is 7.37. The van der Waals surface area contributed by atoms with Crippen molar-refractivity contribution in [3.8, 4) is 0 Å². The Kier molecular flexibility index (Phi) is 5.51. The molecular formula is C13H17FN4OS. The number of rotatable bonds is 7. The van der Waals surface area contributed by atoms with Crippen molar-refractivity contribution >= 4 is 11.8 Å². The van der Waals surface area contributed by atoms with Crippen LogP contribution < -0.4 is 5.32 Å². The Balaban J connectivity index is 2.09. The van der Waals surface area contributed by atoms with Crippen LogP contribution in [0.3, 0.4) is 0 Å². The predicted molar refractivity (Wildman–Crippen MR) is 75.1 cm³/mol. The van der Waals surface area contributed by atoms with Gasteiger partial charge in [-0.1, -0.05) is 0 Å². The van der Waals surface area contributed by atoms with Gasteiger partial charge in [-0.25, -0.2) is 14.1 Å². The molecule has 2 rings (SSSR count). The van der Waals surface area contributed by atoms with Gasteiger partial charge in [-0.3, -0.25) is 0 Å². The van der Waals surface area contributed by atoms with Crippen LogP contribution in [-0.2, 0) is 18.3 Å². The zero-order valence-corrected chi connectivity index (χ0v) is 12.3. The van der Waals surface area contributed by atoms with Crippen LogP contribution in [0.1, 0.15) is 5.56 Å². The maximum Gasteiger partial charge on any atom is 0.190 e. The van der Waals surface area contributed by atoms with Gasteiger partial charge in [0.25, 0.3) is 0 Å². The Morgan fingerprint density at radius 2 is 2.30 bits per heavy atom. The fourth-order valence-corrected chi connectivity index (χ4v) is 2.53. The molecule has 108 valence electrons. The molecule has 0 spiro atoms. The zero-order valence-electron chi connectivity index (χ0n) is 11.5. The Morgan fingerprint density at radius 1 is 1.45 bits per heavy atom. The van der Waals surface area contributed by atoms with Crippen molar-refractivity contribution in [1.82, 2.24) is 20.1 Å². The Morgan fingerprint density at radius 3 is 3.00 bits per heavy atom. The van der Waals surface area contributed by atoms with Crippen molar-refractivity contribution in [2.75, 3.05) is 20.3 Å². The minimum absolute atomic E-state index is 0.240. The molecule has 0 aliphatic heterocycles. The fraction of sp³-hybridized carbons (Fsp3) is 0.385. The topological polar surface area (TPSA) is 52.0 Å². The van der Waals surface area contributed by atoms with Gasteiger partial charge < -0.3 is 10.1 Å². The van der Waals surface area contributed by atoms with E-state index in [1.54, 1.807) is 23.9 Å². The first-order chi connectivity index (χ1) is 9.70. The highest BCUT2D eigenvalue weighted by molar-refractivity contribution is 7.99. The Labute approximate surface area is 121 Å². The number of hydrogen-bond acceptors (Lipinski definition) is 5. The Bertz CT molecular complexity index is 561. The van der Waals surface area contributed by atoms with Crippen LogP contribution in [0.4, 0.5) is 4.39 Å². The number of methoxy groups -OCH3 is 1. The quantitative estimate of drug-likeness (QED) is 0.790. The number of aryl methyl sites for hydroxylation is 1. The molecule has 1 aromatic carbocycles. The average Bonchev–Trinajstić information content (AvgIpc) is 2.83. The van der Waals surface area contributed by atoms with Gasteiger partial charge >= 0.3 is 0 Å². The molecule has 5 nitrogen and oxygen atoms in total. The molecular weight excluding hydrogens is 279 g/mol. The molecule has 20 heavy (non-hydrogen) atoms. The first kappa shape index (κ1) is 15.0. The number of benzene rings is 1. The van der Waals surface area contributed by atoms with Crippen LogP contribution >= 0.6 is 11.8 Å². The number of halogens is 1. The van der Waals surface area contributed by atoms with Crippen molar-refractivity contribution in [3.63, 3.8) is 0 Å². The number of hydrogen-bond donors (Lipinski definition) is 1. The molecule has 0 aliphatic rings. The van der Waals surface area contributed by atoms with Gasteiger partial charge in [0.05, 0.1) is 6.61 Å². The first-order valence-corrected chi connectivity index (χ1v) is 7.02. The molecule has 0 amide bonds. The minimum atomic E-state index is -0.240. The van der Waals surface area contributed by atoms with Gasteiger partial charge in [0.1, 0.15) is 12.1 Å². The first-order valence-electron chi connectivity index (χ1n) is 6.20. The maximum absolute atomic E-state index is 13.4. The van der Waals surface area contributed by atoms with Gasteiger partial charge in [0.15, 0.2) is 5.16 Å². The van der Waals surface area contributed by atoms with E-state index in [4.69, 9.17) is 4.74 Å². The number of ether oxygens (including phenoxy) is 1. The van der Waals surface area contributed by atoms with E-state index in [-0.39, 0.29) is 5.82 Å². The molecule has 0 fully saturated rings. The normalized spacial score (nSPS) is 10.9. The zero-order chi connectivity index (χ0) is 14.4. The smallest absolute Gasteiger partial charge is 0.190 e. The average molecular weight is 296 g/mol. The molecule has 7 heteroatoms. The fourth-order valence-electron chi connectivity index (χ4n) is 1.66. The highest BCUT2D eigenvalue weighted by Gasteiger charge is 2.09. The van der Waals surface area contributed by atoms with Crippen LogP contribution in [0, 0.1) is 5.82 Å². The lowest BCUT2D eigenvalue weighted by Gasteiger charge is -2.10. The second-order valence-corrected chi connectivity index (χ2v) is 5.20. The third-order valence-electron chi connectivity index (χ3n) is 2.69. The molecule has 0 unspecified atom stereocenters. The highest BCUT2D eigenvalue weighted by Crippen LogP contribution is 2.29. The van der Waals surface area contributed by atoms with E-state index in [0.717, 1.165) is 22.2 Å². The van der Waals surface area contributed by atoms with Gasteiger partial charge in [-0.15, -0.1) is 0 Å². The van der Waals surface area contributed by atoms with Crippen molar-refractivity contribution < 1.29 is 9.13 Å². The standard InChI is InChI=1S/C13H17FN4OS/c1-18-13(16-9-17-18)20-12-4-3-11(14)7-10(12)8-15-5-6-19-2/h3-4,7,9,15H,5-6,8H2,1-2H3. The largest absolute Gasteiger partial charge is 0.383 e. The third kappa shape index (κ3) is 4.03. The SMILES string of the molecule is COCCNCc1cc(F)ccc1Sc1ncnn1C. The van der Waals surface area contributed by atoms with E-state index in [0.29, 0.717) is 13.2 Å². The van der Waals surface area contributed by atoms with Crippen molar-refractivity contribution in [1.29, 1.82) is 0 Å². The van der Waals surface area contributed by atoms with Crippen LogP contribution in [0.2, 0.25) is 0 Å². The molecule has 0 saturated carbocycles. The van der Waals surface area contributed by atoms with Crippen LogP contribution in [0.5, 0.6) is 0 Å². The van der Waals surface area contributed by atoms with E-state index >= 15 is 0 Å². The third-order valence-corrected chi connectivity index (χ3v) is 3.86. The van der Waals surface area contributed by atoms with Crippen LogP contribution in [-0.4, -0.2) is 35.0 Å². The summed E-state index contributed by atoms with van der Waals surface area (Å²) in [6.07, 6.45) is 1.50. The summed E-state index contributed by atoms with van der Waals surface area (Å²) in [5, 5.41) is 8.01. The van der Waals surface area contributed by atoms with E-state index in [9.17, 15) is 4.39 Å². The maximum atomic E-state index is 13.4. The summed E-state index contributed by atoms with van der Waals surface area (Å²) in [7, 11) is 3.48. The molecule has 0 radical (unpaired) electrons. The molecule has 1 N–H and O–H groups in total. The summed E-state index contributed by atoms with van der Waals surface area (Å²) >= 11 is 1.47.